The van der Waals surface area contributed by atoms with Crippen molar-refractivity contribution in [2.45, 2.75) is 32.0 Å². The molecule has 0 aromatic carbocycles. The number of carbonyl (C=O) groups is 1. The number of fused-ring (bicyclic) bond motifs is 1. The Kier molecular flexibility index (Phi) is 4.06. The van der Waals surface area contributed by atoms with E-state index >= 15 is 0 Å². The van der Waals surface area contributed by atoms with E-state index in [9.17, 15) is 18.0 Å². The van der Waals surface area contributed by atoms with E-state index in [0.29, 0.717) is 16.9 Å². The van der Waals surface area contributed by atoms with Gasteiger partial charge < -0.3 is 4.90 Å². The zero-order valence-electron chi connectivity index (χ0n) is 12.3. The molecule has 0 spiro atoms. The van der Waals surface area contributed by atoms with Gasteiger partial charge in [-0.05, 0) is 37.5 Å². The van der Waals surface area contributed by atoms with Crippen molar-refractivity contribution in [1.29, 1.82) is 0 Å². The van der Waals surface area contributed by atoms with E-state index in [2.05, 4.69) is 10.1 Å². The first kappa shape index (κ1) is 15.5. The van der Waals surface area contributed by atoms with Gasteiger partial charge in [0.1, 0.15) is 12.2 Å². The van der Waals surface area contributed by atoms with Crippen LogP contribution >= 0.6 is 0 Å². The third kappa shape index (κ3) is 3.35. The van der Waals surface area contributed by atoms with Gasteiger partial charge in [0.2, 0.25) is 0 Å². The number of aromatic nitrogens is 3. The lowest BCUT2D eigenvalue weighted by Gasteiger charge is -2.22. The number of carbonyl (C=O) groups excluding carboxylic acids is 1. The normalized spacial score (nSPS) is 15.2. The quantitative estimate of drug-likeness (QED) is 0.853. The Bertz CT molecular complexity index is 711. The van der Waals surface area contributed by atoms with Crippen molar-refractivity contribution >= 4 is 11.6 Å². The Morgan fingerprint density at radius 2 is 2.04 bits per heavy atom. The minimum atomic E-state index is -4.43. The van der Waals surface area contributed by atoms with Gasteiger partial charge in [0.05, 0.1) is 11.4 Å². The second kappa shape index (κ2) is 6.02. The van der Waals surface area contributed by atoms with E-state index in [-0.39, 0.29) is 5.69 Å². The summed E-state index contributed by atoms with van der Waals surface area (Å²) in [6, 6.07) is 4.81. The molecule has 0 unspecified atom stereocenters. The molecular weight excluding hydrogens is 309 g/mol. The summed E-state index contributed by atoms with van der Waals surface area (Å²) < 4.78 is 38.5. The van der Waals surface area contributed by atoms with E-state index < -0.39 is 18.6 Å². The molecule has 5 nitrogen and oxygen atoms in total. The van der Waals surface area contributed by atoms with Gasteiger partial charge in [-0.25, -0.2) is 0 Å². The molecule has 0 N–H and O–H groups in total. The highest BCUT2D eigenvalue weighted by Crippen LogP contribution is 2.26. The van der Waals surface area contributed by atoms with Crippen LogP contribution in [-0.4, -0.2) is 33.4 Å². The zero-order chi connectivity index (χ0) is 16.4. The second-order valence-electron chi connectivity index (χ2n) is 5.37. The average molecular weight is 324 g/mol. The van der Waals surface area contributed by atoms with Crippen LogP contribution in [0.1, 0.15) is 29.0 Å². The van der Waals surface area contributed by atoms with Crippen LogP contribution in [0.2, 0.25) is 0 Å². The third-order valence-electron chi connectivity index (χ3n) is 3.71. The van der Waals surface area contributed by atoms with Gasteiger partial charge in [0.25, 0.3) is 5.91 Å². The first-order valence-electron chi connectivity index (χ1n) is 7.30. The summed E-state index contributed by atoms with van der Waals surface area (Å²) in [6.45, 7) is -0.830. The molecule has 0 fully saturated rings. The Morgan fingerprint density at radius 3 is 2.83 bits per heavy atom. The maximum Gasteiger partial charge on any atom is 0.408 e. The van der Waals surface area contributed by atoms with Gasteiger partial charge in [-0.1, -0.05) is 0 Å². The van der Waals surface area contributed by atoms with Crippen LogP contribution < -0.4 is 4.90 Å². The lowest BCUT2D eigenvalue weighted by molar-refractivity contribution is -0.142. The molecule has 0 saturated carbocycles. The van der Waals surface area contributed by atoms with Crippen LogP contribution in [0, 0.1) is 0 Å². The SMILES string of the molecule is O=C(c1ccnn1CC(F)(F)F)N1CCCCc2ncccc21. The van der Waals surface area contributed by atoms with Gasteiger partial charge in [-0.3, -0.25) is 14.5 Å². The number of rotatable bonds is 2. The molecule has 0 bridgehead atoms. The minimum absolute atomic E-state index is 0.0703. The smallest absolute Gasteiger partial charge is 0.305 e. The first-order valence-corrected chi connectivity index (χ1v) is 7.30. The van der Waals surface area contributed by atoms with Crippen molar-refractivity contribution in [2.24, 2.45) is 0 Å². The molecule has 0 radical (unpaired) electrons. The van der Waals surface area contributed by atoms with Crippen LogP contribution in [0.4, 0.5) is 18.9 Å². The van der Waals surface area contributed by atoms with E-state index in [1.54, 1.807) is 18.3 Å². The summed E-state index contributed by atoms with van der Waals surface area (Å²) >= 11 is 0. The number of amides is 1. The highest BCUT2D eigenvalue weighted by Gasteiger charge is 2.32. The standard InChI is InChI=1S/C15H15F3N4O/c16-15(17,18)10-22-13(6-8-20-22)14(23)21-9-2-1-4-11-12(21)5-3-7-19-11/h3,5-8H,1-2,4,9-10H2. The van der Waals surface area contributed by atoms with Gasteiger partial charge in [0, 0.05) is 18.9 Å². The molecule has 1 amide bonds. The molecule has 1 aliphatic heterocycles. The highest BCUT2D eigenvalue weighted by molar-refractivity contribution is 6.05. The lowest BCUT2D eigenvalue weighted by atomic mass is 10.2. The number of nitrogens with zero attached hydrogens (tertiary/aromatic N) is 4. The topological polar surface area (TPSA) is 51.0 Å². The van der Waals surface area contributed by atoms with E-state index in [1.165, 1.54) is 17.2 Å². The fourth-order valence-corrected chi connectivity index (χ4v) is 2.71. The van der Waals surface area contributed by atoms with Gasteiger partial charge in [-0.2, -0.15) is 18.3 Å². The molecule has 23 heavy (non-hydrogen) atoms. The Morgan fingerprint density at radius 1 is 1.22 bits per heavy atom. The maximum absolute atomic E-state index is 12.8. The molecule has 0 saturated heterocycles. The maximum atomic E-state index is 12.8. The largest absolute Gasteiger partial charge is 0.408 e. The molecule has 2 aromatic rings. The van der Waals surface area contributed by atoms with E-state index in [1.807, 2.05) is 0 Å². The van der Waals surface area contributed by atoms with Crippen LogP contribution in [0.5, 0.6) is 0 Å². The summed E-state index contributed by atoms with van der Waals surface area (Å²) in [5.74, 6) is -0.483. The Balaban J connectivity index is 1.94. The number of anilines is 1. The lowest BCUT2D eigenvalue weighted by Crippen LogP contribution is -2.34. The summed E-state index contributed by atoms with van der Waals surface area (Å²) in [7, 11) is 0. The van der Waals surface area contributed by atoms with Crippen LogP contribution in [-0.2, 0) is 13.0 Å². The van der Waals surface area contributed by atoms with E-state index in [4.69, 9.17) is 0 Å². The first-order chi connectivity index (χ1) is 11.0. The number of pyridine rings is 1. The van der Waals surface area contributed by atoms with Crippen molar-refractivity contribution in [3.8, 4) is 0 Å². The number of hydrogen-bond donors (Lipinski definition) is 0. The summed E-state index contributed by atoms with van der Waals surface area (Å²) in [5.41, 5.74) is 1.38. The summed E-state index contributed by atoms with van der Waals surface area (Å²) in [5, 5.41) is 3.63. The molecular formula is C15H15F3N4O. The van der Waals surface area contributed by atoms with E-state index in [0.717, 1.165) is 25.0 Å². The Hall–Kier alpha value is -2.38. The summed E-state index contributed by atoms with van der Waals surface area (Å²) in [6.07, 6.45) is 0.841. The number of hydrogen-bond acceptors (Lipinski definition) is 3. The van der Waals surface area contributed by atoms with Crippen LogP contribution in [0.15, 0.2) is 30.6 Å². The van der Waals surface area contributed by atoms with Crippen LogP contribution in [0.3, 0.4) is 0 Å². The van der Waals surface area contributed by atoms with Gasteiger partial charge >= 0.3 is 6.18 Å². The third-order valence-corrected chi connectivity index (χ3v) is 3.71. The fourth-order valence-electron chi connectivity index (χ4n) is 2.71. The average Bonchev–Trinajstić information content (AvgIpc) is 2.82. The predicted molar refractivity (Wildman–Crippen MR) is 77.1 cm³/mol. The highest BCUT2D eigenvalue weighted by atomic mass is 19.4. The molecule has 0 atom stereocenters. The molecule has 2 aromatic heterocycles. The molecule has 122 valence electrons. The van der Waals surface area contributed by atoms with Gasteiger partial charge in [0.15, 0.2) is 0 Å². The molecule has 3 heterocycles. The van der Waals surface area contributed by atoms with Crippen molar-refractivity contribution in [3.63, 3.8) is 0 Å². The monoisotopic (exact) mass is 324 g/mol. The van der Waals surface area contributed by atoms with Crippen molar-refractivity contribution < 1.29 is 18.0 Å². The fraction of sp³-hybridized carbons (Fsp3) is 0.400. The van der Waals surface area contributed by atoms with Crippen LogP contribution in [0.25, 0.3) is 0 Å². The summed E-state index contributed by atoms with van der Waals surface area (Å²) in [4.78, 5) is 18.5. The molecule has 1 aliphatic rings. The Labute approximate surface area is 130 Å². The van der Waals surface area contributed by atoms with Crippen molar-refractivity contribution in [1.82, 2.24) is 14.8 Å². The molecule has 0 aliphatic carbocycles. The minimum Gasteiger partial charge on any atom is -0.305 e. The molecule has 8 heteroatoms. The predicted octanol–water partition coefficient (Wildman–Crippen LogP) is 2.82. The van der Waals surface area contributed by atoms with Gasteiger partial charge in [-0.15, -0.1) is 0 Å². The second-order valence-corrected chi connectivity index (χ2v) is 5.37. The zero-order valence-corrected chi connectivity index (χ0v) is 12.3. The molecule has 3 rings (SSSR count). The van der Waals surface area contributed by atoms with Crippen molar-refractivity contribution in [2.75, 3.05) is 11.4 Å². The van der Waals surface area contributed by atoms with Crippen molar-refractivity contribution in [3.05, 3.63) is 42.0 Å². The number of alkyl halides is 3. The number of halogens is 3. The number of aryl methyl sites for hydroxylation is 1.